The minimum absolute atomic E-state index is 0.193. The summed E-state index contributed by atoms with van der Waals surface area (Å²) in [5.41, 5.74) is 1.42. The highest BCUT2D eigenvalue weighted by Gasteiger charge is 2.38. The van der Waals surface area contributed by atoms with Gasteiger partial charge in [0.1, 0.15) is 10.8 Å². The number of ether oxygens (including phenoxy) is 2. The second-order valence-electron chi connectivity index (χ2n) is 6.12. The summed E-state index contributed by atoms with van der Waals surface area (Å²) in [6.07, 6.45) is 3.99. The Morgan fingerprint density at radius 2 is 1.89 bits per heavy atom. The minimum atomic E-state index is -0.619. The van der Waals surface area contributed by atoms with Gasteiger partial charge in [0.15, 0.2) is 0 Å². The van der Waals surface area contributed by atoms with Crippen molar-refractivity contribution in [1.82, 2.24) is 0 Å². The fourth-order valence-electron chi connectivity index (χ4n) is 3.14. The summed E-state index contributed by atoms with van der Waals surface area (Å²) in [5, 5.41) is 3.01. The summed E-state index contributed by atoms with van der Waals surface area (Å²) in [6, 6.07) is 5.67. The molecule has 1 N–H and O–H groups in total. The summed E-state index contributed by atoms with van der Waals surface area (Å²) in [7, 11) is 2.54. The largest absolute Gasteiger partial charge is 0.469 e. The third-order valence-electron chi connectivity index (χ3n) is 4.44. The fraction of sp³-hybridized carbons (Fsp3) is 0.250. The van der Waals surface area contributed by atoms with E-state index in [1.807, 2.05) is 0 Å². The molecule has 3 rings (SSSR count). The molecule has 1 atom stereocenters. The standard InChI is InChI=1S/C20H18FNO5S/c1-26-19(24)13-8-9-14-16(13)17(20(25)27-2)18(28-14)22-15(23)10-5-11-3-6-12(21)7-4-11/h3-7,10,13H,8-9H2,1-2H3,(H,22,23)/b10-5+/t13-/m0/s1. The van der Waals surface area contributed by atoms with Gasteiger partial charge in [-0.3, -0.25) is 9.59 Å². The number of nitrogens with one attached hydrogen (secondary N) is 1. The Labute approximate surface area is 165 Å². The highest BCUT2D eigenvalue weighted by molar-refractivity contribution is 7.17. The lowest BCUT2D eigenvalue weighted by molar-refractivity contribution is -0.142. The normalized spacial score (nSPS) is 15.3. The van der Waals surface area contributed by atoms with Gasteiger partial charge in [0, 0.05) is 11.0 Å². The lowest BCUT2D eigenvalue weighted by Crippen LogP contribution is -2.16. The molecule has 0 saturated heterocycles. The number of thiophene rings is 1. The molecule has 0 radical (unpaired) electrons. The van der Waals surface area contributed by atoms with Crippen molar-refractivity contribution in [2.24, 2.45) is 0 Å². The first-order valence-electron chi connectivity index (χ1n) is 8.51. The molecule has 0 unspecified atom stereocenters. The molecular formula is C20H18FNO5S. The van der Waals surface area contributed by atoms with Crippen LogP contribution in [-0.2, 0) is 25.5 Å². The highest BCUT2D eigenvalue weighted by Crippen LogP contribution is 2.45. The van der Waals surface area contributed by atoms with Crippen LogP contribution >= 0.6 is 11.3 Å². The summed E-state index contributed by atoms with van der Waals surface area (Å²) in [5.74, 6) is -2.41. The van der Waals surface area contributed by atoms with E-state index < -0.39 is 23.8 Å². The molecule has 6 nitrogen and oxygen atoms in total. The zero-order chi connectivity index (χ0) is 20.3. The van der Waals surface area contributed by atoms with Crippen LogP contribution in [-0.4, -0.2) is 32.1 Å². The van der Waals surface area contributed by atoms with E-state index in [9.17, 15) is 18.8 Å². The quantitative estimate of drug-likeness (QED) is 0.610. The minimum Gasteiger partial charge on any atom is -0.469 e. The molecule has 0 spiro atoms. The van der Waals surface area contributed by atoms with Gasteiger partial charge in [0.2, 0.25) is 5.91 Å². The summed E-state index contributed by atoms with van der Waals surface area (Å²) in [4.78, 5) is 37.6. The zero-order valence-electron chi connectivity index (χ0n) is 15.3. The van der Waals surface area contributed by atoms with Gasteiger partial charge in [0.05, 0.1) is 25.7 Å². The molecule has 0 aliphatic heterocycles. The first-order valence-corrected chi connectivity index (χ1v) is 9.32. The van der Waals surface area contributed by atoms with E-state index in [1.165, 1.54) is 49.8 Å². The first-order chi connectivity index (χ1) is 13.4. The molecular weight excluding hydrogens is 385 g/mol. The maximum atomic E-state index is 12.9. The number of carbonyl (C=O) groups excluding carboxylic acids is 3. The monoisotopic (exact) mass is 403 g/mol. The molecule has 0 bridgehead atoms. The number of methoxy groups -OCH3 is 2. The number of hydrogen-bond donors (Lipinski definition) is 1. The molecule has 0 saturated carbocycles. The van der Waals surface area contributed by atoms with Crippen molar-refractivity contribution in [1.29, 1.82) is 0 Å². The van der Waals surface area contributed by atoms with Crippen molar-refractivity contribution in [2.45, 2.75) is 18.8 Å². The van der Waals surface area contributed by atoms with Crippen LogP contribution < -0.4 is 5.32 Å². The third-order valence-corrected chi connectivity index (χ3v) is 5.62. The van der Waals surface area contributed by atoms with Crippen LogP contribution in [0.1, 0.15) is 38.7 Å². The van der Waals surface area contributed by atoms with Gasteiger partial charge < -0.3 is 14.8 Å². The van der Waals surface area contributed by atoms with Crippen molar-refractivity contribution < 1.29 is 28.2 Å². The molecule has 146 valence electrons. The predicted octanol–water partition coefficient (Wildman–Crippen LogP) is 3.53. The number of carbonyl (C=O) groups is 3. The van der Waals surface area contributed by atoms with E-state index in [0.717, 1.165) is 4.88 Å². The Hall–Kier alpha value is -3.00. The Morgan fingerprint density at radius 3 is 2.54 bits per heavy atom. The topological polar surface area (TPSA) is 81.7 Å². The Bertz CT molecular complexity index is 948. The number of halogens is 1. The van der Waals surface area contributed by atoms with E-state index >= 15 is 0 Å². The van der Waals surface area contributed by atoms with Crippen LogP contribution in [0.25, 0.3) is 6.08 Å². The molecule has 1 heterocycles. The van der Waals surface area contributed by atoms with Crippen molar-refractivity contribution in [3.8, 4) is 0 Å². The molecule has 0 fully saturated rings. The average molecular weight is 403 g/mol. The van der Waals surface area contributed by atoms with Crippen LogP contribution in [0.5, 0.6) is 0 Å². The Balaban J connectivity index is 1.86. The maximum absolute atomic E-state index is 12.9. The van der Waals surface area contributed by atoms with Crippen LogP contribution in [0.15, 0.2) is 30.3 Å². The Kier molecular flexibility index (Phi) is 5.89. The SMILES string of the molecule is COC(=O)c1c(NC(=O)/C=C/c2ccc(F)cc2)sc2c1[C@@H](C(=O)OC)CC2. The number of aryl methyl sites for hydroxylation is 1. The van der Waals surface area contributed by atoms with Gasteiger partial charge in [-0.25, -0.2) is 9.18 Å². The first kappa shape index (κ1) is 19.8. The summed E-state index contributed by atoms with van der Waals surface area (Å²) < 4.78 is 22.6. The van der Waals surface area contributed by atoms with Crippen molar-refractivity contribution in [3.05, 3.63) is 57.7 Å². The molecule has 1 aliphatic carbocycles. The van der Waals surface area contributed by atoms with Crippen molar-refractivity contribution >= 4 is 40.3 Å². The number of anilines is 1. The zero-order valence-corrected chi connectivity index (χ0v) is 16.1. The van der Waals surface area contributed by atoms with Crippen molar-refractivity contribution in [3.63, 3.8) is 0 Å². The van der Waals surface area contributed by atoms with E-state index in [0.29, 0.717) is 29.0 Å². The van der Waals surface area contributed by atoms with E-state index in [2.05, 4.69) is 5.32 Å². The van der Waals surface area contributed by atoms with E-state index in [4.69, 9.17) is 9.47 Å². The van der Waals surface area contributed by atoms with Gasteiger partial charge >= 0.3 is 11.9 Å². The van der Waals surface area contributed by atoms with Gasteiger partial charge in [-0.2, -0.15) is 0 Å². The molecule has 1 aliphatic rings. The van der Waals surface area contributed by atoms with Crippen LogP contribution in [0, 0.1) is 5.82 Å². The van der Waals surface area contributed by atoms with E-state index in [-0.39, 0.29) is 11.4 Å². The lowest BCUT2D eigenvalue weighted by atomic mass is 9.99. The lowest BCUT2D eigenvalue weighted by Gasteiger charge is -2.11. The molecule has 28 heavy (non-hydrogen) atoms. The molecule has 1 aromatic heterocycles. The van der Waals surface area contributed by atoms with Gasteiger partial charge in [0.25, 0.3) is 0 Å². The van der Waals surface area contributed by atoms with Crippen LogP contribution in [0.3, 0.4) is 0 Å². The van der Waals surface area contributed by atoms with Crippen molar-refractivity contribution in [2.75, 3.05) is 19.5 Å². The number of amides is 1. The maximum Gasteiger partial charge on any atom is 0.341 e. The fourth-order valence-corrected chi connectivity index (χ4v) is 4.40. The van der Waals surface area contributed by atoms with Gasteiger partial charge in [-0.15, -0.1) is 11.3 Å². The molecule has 2 aromatic rings. The number of hydrogen-bond acceptors (Lipinski definition) is 6. The average Bonchev–Trinajstić information content (AvgIpc) is 3.25. The number of benzene rings is 1. The number of esters is 2. The van der Waals surface area contributed by atoms with Crippen LogP contribution in [0.4, 0.5) is 9.39 Å². The molecule has 8 heteroatoms. The number of fused-ring (bicyclic) bond motifs is 1. The smallest absolute Gasteiger partial charge is 0.341 e. The highest BCUT2D eigenvalue weighted by atomic mass is 32.1. The summed E-state index contributed by atoms with van der Waals surface area (Å²) in [6.45, 7) is 0. The summed E-state index contributed by atoms with van der Waals surface area (Å²) >= 11 is 1.25. The molecule has 1 aromatic carbocycles. The van der Waals surface area contributed by atoms with Crippen LogP contribution in [0.2, 0.25) is 0 Å². The van der Waals surface area contributed by atoms with E-state index in [1.54, 1.807) is 12.1 Å². The molecule has 1 amide bonds. The second kappa shape index (κ2) is 8.35. The Morgan fingerprint density at radius 1 is 1.18 bits per heavy atom. The van der Waals surface area contributed by atoms with Gasteiger partial charge in [-0.1, -0.05) is 12.1 Å². The van der Waals surface area contributed by atoms with Gasteiger partial charge in [-0.05, 0) is 42.2 Å². The number of rotatable bonds is 5. The third kappa shape index (κ3) is 3.96. The predicted molar refractivity (Wildman–Crippen MR) is 103 cm³/mol. The second-order valence-corrected chi connectivity index (χ2v) is 7.23.